The third kappa shape index (κ3) is 2.97. The lowest BCUT2D eigenvalue weighted by Gasteiger charge is -2.30. The van der Waals surface area contributed by atoms with Crippen LogP contribution in [0.25, 0.3) is 0 Å². The van der Waals surface area contributed by atoms with E-state index in [-0.39, 0.29) is 24.2 Å². The summed E-state index contributed by atoms with van der Waals surface area (Å²) in [5.41, 5.74) is 1.05. The molecule has 4 heteroatoms. The SMILES string of the molecule is CC(C)CC1NC(c2ccccc2)C(=O)N1C1CCOC1. The normalized spacial score (nSPS) is 29.6. The molecule has 3 rings (SSSR count). The van der Waals surface area contributed by atoms with Gasteiger partial charge in [0.15, 0.2) is 0 Å². The average Bonchev–Trinajstić information content (AvgIpc) is 3.07. The maximum atomic E-state index is 12.9. The van der Waals surface area contributed by atoms with Crippen LogP contribution in [0.3, 0.4) is 0 Å². The first-order valence-electron chi connectivity index (χ1n) is 7.87. The molecule has 114 valence electrons. The van der Waals surface area contributed by atoms with E-state index in [9.17, 15) is 4.79 Å². The van der Waals surface area contributed by atoms with Gasteiger partial charge in [0.05, 0.1) is 18.8 Å². The zero-order chi connectivity index (χ0) is 14.8. The zero-order valence-corrected chi connectivity index (χ0v) is 12.8. The summed E-state index contributed by atoms with van der Waals surface area (Å²) in [6.45, 7) is 5.83. The first-order chi connectivity index (χ1) is 10.2. The molecule has 0 saturated carbocycles. The minimum absolute atomic E-state index is 0.120. The maximum Gasteiger partial charge on any atom is 0.245 e. The van der Waals surface area contributed by atoms with E-state index in [1.165, 1.54) is 0 Å². The first-order valence-corrected chi connectivity index (χ1v) is 7.87. The molecule has 2 saturated heterocycles. The van der Waals surface area contributed by atoms with E-state index in [0.29, 0.717) is 12.5 Å². The number of hydrogen-bond acceptors (Lipinski definition) is 3. The molecule has 0 aromatic heterocycles. The fourth-order valence-electron chi connectivity index (χ4n) is 3.33. The van der Waals surface area contributed by atoms with Crippen molar-refractivity contribution in [2.75, 3.05) is 13.2 Å². The van der Waals surface area contributed by atoms with Crippen LogP contribution in [0.1, 0.15) is 38.3 Å². The van der Waals surface area contributed by atoms with Crippen molar-refractivity contribution >= 4 is 5.91 Å². The van der Waals surface area contributed by atoms with Gasteiger partial charge >= 0.3 is 0 Å². The van der Waals surface area contributed by atoms with Crippen molar-refractivity contribution in [1.29, 1.82) is 0 Å². The summed E-state index contributed by atoms with van der Waals surface area (Å²) in [7, 11) is 0. The van der Waals surface area contributed by atoms with Gasteiger partial charge in [0.25, 0.3) is 0 Å². The molecule has 0 aliphatic carbocycles. The Hall–Kier alpha value is -1.39. The van der Waals surface area contributed by atoms with E-state index in [2.05, 4.69) is 19.2 Å². The highest BCUT2D eigenvalue weighted by molar-refractivity contribution is 5.86. The van der Waals surface area contributed by atoms with E-state index in [0.717, 1.165) is 25.0 Å². The number of carbonyl (C=O) groups is 1. The third-order valence-electron chi connectivity index (χ3n) is 4.32. The number of rotatable bonds is 4. The molecule has 1 aromatic carbocycles. The van der Waals surface area contributed by atoms with Gasteiger partial charge in [0, 0.05) is 6.61 Å². The van der Waals surface area contributed by atoms with Crippen molar-refractivity contribution in [3.8, 4) is 0 Å². The average molecular weight is 288 g/mol. The molecule has 2 fully saturated rings. The minimum Gasteiger partial charge on any atom is -0.379 e. The van der Waals surface area contributed by atoms with Crippen LogP contribution in [0.4, 0.5) is 0 Å². The van der Waals surface area contributed by atoms with Gasteiger partial charge in [-0.3, -0.25) is 10.1 Å². The molecule has 2 heterocycles. The summed E-state index contributed by atoms with van der Waals surface area (Å²) in [5.74, 6) is 0.747. The maximum absolute atomic E-state index is 12.9. The Kier molecular flexibility index (Phi) is 4.27. The fourth-order valence-corrected chi connectivity index (χ4v) is 3.33. The van der Waals surface area contributed by atoms with Gasteiger partial charge in [-0.25, -0.2) is 0 Å². The van der Waals surface area contributed by atoms with Gasteiger partial charge < -0.3 is 9.64 Å². The Morgan fingerprint density at radius 3 is 2.71 bits per heavy atom. The largest absolute Gasteiger partial charge is 0.379 e. The van der Waals surface area contributed by atoms with Gasteiger partial charge in [-0.1, -0.05) is 44.2 Å². The number of ether oxygens (including phenoxy) is 1. The Bertz CT molecular complexity index is 483. The molecule has 0 radical (unpaired) electrons. The van der Waals surface area contributed by atoms with Gasteiger partial charge in [-0.05, 0) is 24.3 Å². The van der Waals surface area contributed by atoms with E-state index < -0.39 is 0 Å². The second-order valence-electron chi connectivity index (χ2n) is 6.42. The van der Waals surface area contributed by atoms with E-state index in [1.807, 2.05) is 35.2 Å². The lowest BCUT2D eigenvalue weighted by molar-refractivity contribution is -0.132. The highest BCUT2D eigenvalue weighted by Crippen LogP contribution is 2.30. The molecule has 3 unspecified atom stereocenters. The molecule has 0 spiro atoms. The van der Waals surface area contributed by atoms with Gasteiger partial charge in [-0.2, -0.15) is 0 Å². The monoisotopic (exact) mass is 288 g/mol. The zero-order valence-electron chi connectivity index (χ0n) is 12.8. The summed E-state index contributed by atoms with van der Waals surface area (Å²) >= 11 is 0. The van der Waals surface area contributed by atoms with E-state index >= 15 is 0 Å². The Morgan fingerprint density at radius 2 is 2.10 bits per heavy atom. The van der Waals surface area contributed by atoms with Crippen molar-refractivity contribution in [3.63, 3.8) is 0 Å². The topological polar surface area (TPSA) is 41.6 Å². The molecule has 21 heavy (non-hydrogen) atoms. The lowest BCUT2D eigenvalue weighted by Crippen LogP contribution is -2.45. The first kappa shape index (κ1) is 14.5. The quantitative estimate of drug-likeness (QED) is 0.924. The number of nitrogens with one attached hydrogen (secondary N) is 1. The molecule has 4 nitrogen and oxygen atoms in total. The van der Waals surface area contributed by atoms with Gasteiger partial charge in [0.2, 0.25) is 5.91 Å². The molecule has 3 atom stereocenters. The van der Waals surface area contributed by atoms with Crippen LogP contribution in [0.5, 0.6) is 0 Å². The van der Waals surface area contributed by atoms with Gasteiger partial charge in [-0.15, -0.1) is 0 Å². The minimum atomic E-state index is -0.212. The highest BCUT2D eigenvalue weighted by Gasteiger charge is 2.43. The number of hydrogen-bond donors (Lipinski definition) is 1. The Labute approximate surface area is 126 Å². The number of amides is 1. The standard InChI is InChI=1S/C17H24N2O2/c1-12(2)10-15-18-16(13-6-4-3-5-7-13)17(20)19(15)14-8-9-21-11-14/h3-7,12,14-16,18H,8-11H2,1-2H3. The third-order valence-corrected chi connectivity index (χ3v) is 4.32. The molecule has 1 amide bonds. The van der Waals surface area contributed by atoms with Crippen LogP contribution < -0.4 is 5.32 Å². The van der Waals surface area contributed by atoms with E-state index in [4.69, 9.17) is 4.74 Å². The van der Waals surface area contributed by atoms with Crippen LogP contribution in [0.15, 0.2) is 30.3 Å². The summed E-state index contributed by atoms with van der Waals surface area (Å²) in [4.78, 5) is 14.9. The Balaban J connectivity index is 1.83. The highest BCUT2D eigenvalue weighted by atomic mass is 16.5. The Morgan fingerprint density at radius 1 is 1.33 bits per heavy atom. The molecular weight excluding hydrogens is 264 g/mol. The second kappa shape index (κ2) is 6.16. The molecule has 2 aliphatic heterocycles. The van der Waals surface area contributed by atoms with Crippen molar-refractivity contribution in [2.45, 2.75) is 44.9 Å². The van der Waals surface area contributed by atoms with Crippen LogP contribution in [-0.2, 0) is 9.53 Å². The molecule has 1 N–H and O–H groups in total. The summed E-state index contributed by atoms with van der Waals surface area (Å²) in [5, 5.41) is 3.54. The number of nitrogens with zero attached hydrogens (tertiary/aromatic N) is 1. The van der Waals surface area contributed by atoms with Crippen molar-refractivity contribution in [3.05, 3.63) is 35.9 Å². The summed E-state index contributed by atoms with van der Waals surface area (Å²) < 4.78 is 5.49. The van der Waals surface area contributed by atoms with Crippen molar-refractivity contribution < 1.29 is 9.53 Å². The van der Waals surface area contributed by atoms with E-state index in [1.54, 1.807) is 0 Å². The van der Waals surface area contributed by atoms with Crippen LogP contribution in [-0.4, -0.2) is 36.2 Å². The second-order valence-corrected chi connectivity index (χ2v) is 6.42. The predicted molar refractivity (Wildman–Crippen MR) is 81.6 cm³/mol. The predicted octanol–water partition coefficient (Wildman–Crippen LogP) is 2.32. The lowest BCUT2D eigenvalue weighted by atomic mass is 10.1. The number of carbonyl (C=O) groups excluding carboxylic acids is 1. The molecular formula is C17H24N2O2. The fraction of sp³-hybridized carbons (Fsp3) is 0.588. The molecule has 2 aliphatic rings. The van der Waals surface area contributed by atoms with Gasteiger partial charge in [0.1, 0.15) is 6.04 Å². The number of benzene rings is 1. The van der Waals surface area contributed by atoms with Crippen LogP contribution >= 0.6 is 0 Å². The van der Waals surface area contributed by atoms with Crippen molar-refractivity contribution in [1.82, 2.24) is 10.2 Å². The van der Waals surface area contributed by atoms with Crippen LogP contribution in [0, 0.1) is 5.92 Å². The van der Waals surface area contributed by atoms with Crippen LogP contribution in [0.2, 0.25) is 0 Å². The summed E-state index contributed by atoms with van der Waals surface area (Å²) in [6, 6.07) is 10.0. The summed E-state index contributed by atoms with van der Waals surface area (Å²) in [6.07, 6.45) is 2.05. The molecule has 0 bridgehead atoms. The smallest absolute Gasteiger partial charge is 0.245 e. The van der Waals surface area contributed by atoms with Crippen molar-refractivity contribution in [2.24, 2.45) is 5.92 Å². The molecule has 1 aromatic rings.